The number of methoxy groups -OCH3 is 2. The molecule has 5 rings (SSSR count). The Morgan fingerprint density at radius 2 is 1.88 bits per heavy atom. The minimum atomic E-state index is -0.318. The Morgan fingerprint density at radius 1 is 1.09 bits per heavy atom. The standard InChI is InChI=1S/C25H25N5O4/c1-28-14-18(17-6-4-5-7-20(17)28)19-13-24-29(25(32)10-11-30(24)27-19)15-23(31)26-16-8-9-21(33-2)22(12-16)34-3/h4-9,12-14H,10-11,15H2,1-3H3,(H,26,31). The van der Waals surface area contributed by atoms with E-state index in [0.717, 1.165) is 22.2 Å². The van der Waals surface area contributed by atoms with Gasteiger partial charge in [0.05, 0.1) is 26.5 Å². The van der Waals surface area contributed by atoms with E-state index in [-0.39, 0.29) is 24.8 Å². The van der Waals surface area contributed by atoms with E-state index in [4.69, 9.17) is 14.6 Å². The van der Waals surface area contributed by atoms with Crippen molar-refractivity contribution < 1.29 is 19.1 Å². The SMILES string of the molecule is COc1ccc(NC(=O)CN2C(=O)CCn3nc(-c4cn(C)c5ccccc45)cc32)cc1OC. The van der Waals surface area contributed by atoms with E-state index in [0.29, 0.717) is 29.5 Å². The Bertz CT molecular complexity index is 1400. The molecule has 0 unspecified atom stereocenters. The summed E-state index contributed by atoms with van der Waals surface area (Å²) < 4.78 is 14.4. The summed E-state index contributed by atoms with van der Waals surface area (Å²) >= 11 is 0. The first kappa shape index (κ1) is 21.6. The van der Waals surface area contributed by atoms with Gasteiger partial charge >= 0.3 is 0 Å². The number of para-hydroxylation sites is 1. The van der Waals surface area contributed by atoms with Gasteiger partial charge in [0.2, 0.25) is 11.8 Å². The molecule has 3 heterocycles. The van der Waals surface area contributed by atoms with Crippen molar-refractivity contribution in [3.8, 4) is 22.8 Å². The topological polar surface area (TPSA) is 90.6 Å². The molecule has 1 aliphatic rings. The molecular formula is C25H25N5O4. The molecule has 0 bridgehead atoms. The third-order valence-electron chi connectivity index (χ3n) is 6.02. The smallest absolute Gasteiger partial charge is 0.244 e. The van der Waals surface area contributed by atoms with Gasteiger partial charge in [0, 0.05) is 54.0 Å². The maximum absolute atomic E-state index is 12.8. The third kappa shape index (κ3) is 3.75. The molecule has 34 heavy (non-hydrogen) atoms. The van der Waals surface area contributed by atoms with E-state index >= 15 is 0 Å². The van der Waals surface area contributed by atoms with Gasteiger partial charge in [-0.2, -0.15) is 5.10 Å². The number of carbonyl (C=O) groups excluding carboxylic acids is 2. The summed E-state index contributed by atoms with van der Waals surface area (Å²) in [7, 11) is 5.08. The number of hydrogen-bond acceptors (Lipinski definition) is 5. The highest BCUT2D eigenvalue weighted by molar-refractivity contribution is 6.03. The van der Waals surface area contributed by atoms with Crippen LogP contribution in [0.2, 0.25) is 0 Å². The predicted octanol–water partition coefficient (Wildman–Crippen LogP) is 3.43. The Labute approximate surface area is 196 Å². The van der Waals surface area contributed by atoms with Crippen LogP contribution in [-0.2, 0) is 23.2 Å². The minimum absolute atomic E-state index is 0.112. The summed E-state index contributed by atoms with van der Waals surface area (Å²) in [5, 5.41) is 8.67. The number of aryl methyl sites for hydroxylation is 2. The molecule has 2 aromatic carbocycles. The lowest BCUT2D eigenvalue weighted by molar-refractivity contribution is -0.122. The molecule has 1 aliphatic heterocycles. The summed E-state index contributed by atoms with van der Waals surface area (Å²) in [6.45, 7) is 0.362. The van der Waals surface area contributed by atoms with E-state index in [1.54, 1.807) is 30.0 Å². The average molecular weight is 460 g/mol. The van der Waals surface area contributed by atoms with Crippen molar-refractivity contribution in [1.82, 2.24) is 14.3 Å². The summed E-state index contributed by atoms with van der Waals surface area (Å²) in [6, 6.07) is 15.1. The molecule has 0 saturated heterocycles. The summed E-state index contributed by atoms with van der Waals surface area (Å²) in [5.41, 5.74) is 3.41. The quantitative estimate of drug-likeness (QED) is 0.477. The molecule has 0 aliphatic carbocycles. The maximum Gasteiger partial charge on any atom is 0.244 e. The third-order valence-corrected chi connectivity index (χ3v) is 6.02. The number of amides is 2. The molecule has 174 valence electrons. The van der Waals surface area contributed by atoms with Gasteiger partial charge in [-0.1, -0.05) is 18.2 Å². The van der Waals surface area contributed by atoms with Crippen LogP contribution in [-0.4, -0.2) is 46.9 Å². The molecule has 0 fully saturated rings. The number of hydrogen-bond donors (Lipinski definition) is 1. The monoisotopic (exact) mass is 459 g/mol. The average Bonchev–Trinajstić information content (AvgIpc) is 3.42. The van der Waals surface area contributed by atoms with Gasteiger partial charge in [-0.15, -0.1) is 0 Å². The largest absolute Gasteiger partial charge is 0.493 e. The van der Waals surface area contributed by atoms with Crippen molar-refractivity contribution in [3.63, 3.8) is 0 Å². The van der Waals surface area contributed by atoms with Gasteiger partial charge in [-0.25, -0.2) is 4.68 Å². The number of ether oxygens (including phenoxy) is 2. The molecule has 4 aromatic rings. The van der Waals surface area contributed by atoms with Crippen LogP contribution >= 0.6 is 0 Å². The van der Waals surface area contributed by atoms with Crippen LogP contribution in [0.25, 0.3) is 22.2 Å². The lowest BCUT2D eigenvalue weighted by atomic mass is 10.1. The molecule has 0 atom stereocenters. The second-order valence-electron chi connectivity index (χ2n) is 8.13. The lowest BCUT2D eigenvalue weighted by Crippen LogP contribution is -2.42. The predicted molar refractivity (Wildman–Crippen MR) is 129 cm³/mol. The van der Waals surface area contributed by atoms with Crippen LogP contribution in [0.3, 0.4) is 0 Å². The number of anilines is 2. The summed E-state index contributed by atoms with van der Waals surface area (Å²) in [4.78, 5) is 27.1. The number of nitrogens with one attached hydrogen (secondary N) is 1. The molecule has 0 saturated carbocycles. The normalized spacial score (nSPS) is 13.1. The van der Waals surface area contributed by atoms with Crippen LogP contribution in [0.5, 0.6) is 11.5 Å². The minimum Gasteiger partial charge on any atom is -0.493 e. The fourth-order valence-electron chi connectivity index (χ4n) is 4.36. The zero-order chi connectivity index (χ0) is 23.8. The Hall–Kier alpha value is -4.27. The highest BCUT2D eigenvalue weighted by Gasteiger charge is 2.29. The fraction of sp³-hybridized carbons (Fsp3) is 0.240. The van der Waals surface area contributed by atoms with E-state index in [9.17, 15) is 9.59 Å². The number of benzene rings is 2. The van der Waals surface area contributed by atoms with Crippen molar-refractivity contribution >= 4 is 34.2 Å². The van der Waals surface area contributed by atoms with E-state index < -0.39 is 0 Å². The molecule has 1 N–H and O–H groups in total. The first-order chi connectivity index (χ1) is 16.5. The Morgan fingerprint density at radius 3 is 2.68 bits per heavy atom. The summed E-state index contributed by atoms with van der Waals surface area (Å²) in [5.74, 6) is 1.26. The van der Waals surface area contributed by atoms with Crippen molar-refractivity contribution in [2.45, 2.75) is 13.0 Å². The molecule has 9 nitrogen and oxygen atoms in total. The number of nitrogens with zero attached hydrogens (tertiary/aromatic N) is 4. The molecule has 2 amide bonds. The van der Waals surface area contributed by atoms with Crippen LogP contribution in [0, 0.1) is 0 Å². The number of carbonyl (C=O) groups is 2. The van der Waals surface area contributed by atoms with Crippen molar-refractivity contribution in [2.24, 2.45) is 7.05 Å². The molecular weight excluding hydrogens is 434 g/mol. The molecule has 0 spiro atoms. The van der Waals surface area contributed by atoms with Crippen molar-refractivity contribution in [3.05, 3.63) is 54.7 Å². The van der Waals surface area contributed by atoms with Gasteiger partial charge in [-0.05, 0) is 18.2 Å². The number of fused-ring (bicyclic) bond motifs is 2. The van der Waals surface area contributed by atoms with Crippen LogP contribution in [0.1, 0.15) is 6.42 Å². The maximum atomic E-state index is 12.8. The number of rotatable bonds is 6. The first-order valence-corrected chi connectivity index (χ1v) is 10.9. The second-order valence-corrected chi connectivity index (χ2v) is 8.13. The molecule has 0 radical (unpaired) electrons. The Kier molecular flexibility index (Phi) is 5.45. The van der Waals surface area contributed by atoms with Gasteiger partial charge in [0.1, 0.15) is 12.4 Å². The highest BCUT2D eigenvalue weighted by atomic mass is 16.5. The fourth-order valence-corrected chi connectivity index (χ4v) is 4.36. The molecule has 9 heteroatoms. The highest BCUT2D eigenvalue weighted by Crippen LogP contribution is 2.33. The van der Waals surface area contributed by atoms with E-state index in [1.807, 2.05) is 31.4 Å². The first-order valence-electron chi connectivity index (χ1n) is 10.9. The van der Waals surface area contributed by atoms with E-state index in [1.165, 1.54) is 12.0 Å². The van der Waals surface area contributed by atoms with Gasteiger partial charge in [0.15, 0.2) is 11.5 Å². The lowest BCUT2D eigenvalue weighted by Gasteiger charge is -2.26. The van der Waals surface area contributed by atoms with Crippen LogP contribution in [0.15, 0.2) is 54.7 Å². The molecule has 2 aromatic heterocycles. The van der Waals surface area contributed by atoms with Gasteiger partial charge in [0.25, 0.3) is 0 Å². The van der Waals surface area contributed by atoms with Crippen LogP contribution < -0.4 is 19.7 Å². The summed E-state index contributed by atoms with van der Waals surface area (Å²) in [6.07, 6.45) is 2.32. The second kappa shape index (κ2) is 8.58. The zero-order valence-corrected chi connectivity index (χ0v) is 19.2. The Balaban J connectivity index is 1.41. The van der Waals surface area contributed by atoms with Gasteiger partial charge < -0.3 is 19.4 Å². The zero-order valence-electron chi connectivity index (χ0n) is 19.2. The van der Waals surface area contributed by atoms with E-state index in [2.05, 4.69) is 22.0 Å². The van der Waals surface area contributed by atoms with Crippen LogP contribution in [0.4, 0.5) is 11.5 Å². The van der Waals surface area contributed by atoms with Crippen molar-refractivity contribution in [1.29, 1.82) is 0 Å². The van der Waals surface area contributed by atoms with Gasteiger partial charge in [-0.3, -0.25) is 14.5 Å². The number of aromatic nitrogens is 3. The van der Waals surface area contributed by atoms with Crippen molar-refractivity contribution in [2.75, 3.05) is 31.0 Å².